The molecule has 2 aromatic carbocycles. The van der Waals surface area contributed by atoms with Gasteiger partial charge in [0.15, 0.2) is 0 Å². The third-order valence-corrected chi connectivity index (χ3v) is 7.55. The first kappa shape index (κ1) is 23.7. The van der Waals surface area contributed by atoms with Crippen LogP contribution in [-0.2, 0) is 14.8 Å². The largest absolute Gasteiger partial charge is 0.497 e. The molecule has 0 bridgehead atoms. The minimum absolute atomic E-state index is 0.0692. The topological polar surface area (TPSA) is 124 Å². The Kier molecular flexibility index (Phi) is 6.85. The summed E-state index contributed by atoms with van der Waals surface area (Å²) in [5.74, 6) is 0.369. The number of carbonyl (C=O) groups is 1. The van der Waals surface area contributed by atoms with E-state index < -0.39 is 15.9 Å². The third kappa shape index (κ3) is 5.05. The summed E-state index contributed by atoms with van der Waals surface area (Å²) in [5, 5.41) is 10.5. The number of amides is 1. The van der Waals surface area contributed by atoms with Gasteiger partial charge in [0, 0.05) is 24.7 Å². The van der Waals surface area contributed by atoms with Crippen LogP contribution in [0.15, 0.2) is 51.8 Å². The number of aromatic nitrogens is 2. The Bertz CT molecular complexity index is 1250. The molecule has 0 spiro atoms. The molecule has 4 rings (SSSR count). The van der Waals surface area contributed by atoms with E-state index in [9.17, 15) is 13.2 Å². The standard InChI is InChI=1S/C23H26N4O6S/c1-15-6-8-20(9-7-15)34(29,30)27-10-4-5-16(14-27)21(28)24-23-26-25-22(33-23)17-11-18(31-2)13-19(12-17)32-3/h6-9,11-13,16H,4-5,10,14H2,1-3H3,(H,24,26,28). The summed E-state index contributed by atoms with van der Waals surface area (Å²) in [4.78, 5) is 13.1. The van der Waals surface area contributed by atoms with Crippen LogP contribution in [0.5, 0.6) is 11.5 Å². The molecule has 10 nitrogen and oxygen atoms in total. The number of piperidine rings is 1. The number of methoxy groups -OCH3 is 2. The maximum Gasteiger partial charge on any atom is 0.322 e. The number of rotatable bonds is 7. The average Bonchev–Trinajstić information content (AvgIpc) is 3.32. The number of benzene rings is 2. The number of nitrogens with zero attached hydrogens (tertiary/aromatic N) is 3. The first-order valence-electron chi connectivity index (χ1n) is 10.7. The minimum atomic E-state index is -3.69. The van der Waals surface area contributed by atoms with Crippen molar-refractivity contribution in [1.82, 2.24) is 14.5 Å². The minimum Gasteiger partial charge on any atom is -0.497 e. The zero-order chi connectivity index (χ0) is 24.3. The van der Waals surface area contributed by atoms with Crippen LogP contribution in [0.1, 0.15) is 18.4 Å². The molecule has 1 unspecified atom stereocenters. The van der Waals surface area contributed by atoms with Crippen LogP contribution in [0.25, 0.3) is 11.5 Å². The van der Waals surface area contributed by atoms with Crippen molar-refractivity contribution in [1.29, 1.82) is 0 Å². The van der Waals surface area contributed by atoms with E-state index in [0.717, 1.165) is 5.56 Å². The molecule has 34 heavy (non-hydrogen) atoms. The molecule has 0 aliphatic carbocycles. The van der Waals surface area contributed by atoms with Crippen LogP contribution in [0.3, 0.4) is 0 Å². The van der Waals surface area contributed by atoms with Crippen molar-refractivity contribution in [3.63, 3.8) is 0 Å². The Balaban J connectivity index is 1.45. The van der Waals surface area contributed by atoms with Crippen LogP contribution < -0.4 is 14.8 Å². The maximum absolute atomic E-state index is 13.0. The van der Waals surface area contributed by atoms with Crippen LogP contribution in [0, 0.1) is 12.8 Å². The molecule has 1 saturated heterocycles. The van der Waals surface area contributed by atoms with Crippen molar-refractivity contribution in [3.8, 4) is 23.0 Å². The highest BCUT2D eigenvalue weighted by molar-refractivity contribution is 7.89. The van der Waals surface area contributed by atoms with E-state index in [1.807, 2.05) is 6.92 Å². The molecule has 1 aliphatic rings. The zero-order valence-corrected chi connectivity index (χ0v) is 20.0. The SMILES string of the molecule is COc1cc(OC)cc(-c2nnc(NC(=O)C3CCCN(S(=O)(=O)c4ccc(C)cc4)C3)o2)c1. The van der Waals surface area contributed by atoms with Crippen molar-refractivity contribution in [2.45, 2.75) is 24.7 Å². The first-order valence-corrected chi connectivity index (χ1v) is 12.2. The molecule has 180 valence electrons. The molecule has 2 heterocycles. The number of sulfonamides is 1. The van der Waals surface area contributed by atoms with Gasteiger partial charge in [-0.3, -0.25) is 10.1 Å². The second-order valence-corrected chi connectivity index (χ2v) is 9.96. The number of carbonyl (C=O) groups excluding carboxylic acids is 1. The molecular weight excluding hydrogens is 460 g/mol. The lowest BCUT2D eigenvalue weighted by Crippen LogP contribution is -2.43. The monoisotopic (exact) mass is 486 g/mol. The lowest BCUT2D eigenvalue weighted by atomic mass is 9.99. The smallest absolute Gasteiger partial charge is 0.322 e. The Morgan fingerprint density at radius 2 is 1.76 bits per heavy atom. The second kappa shape index (κ2) is 9.82. The van der Waals surface area contributed by atoms with Gasteiger partial charge in [0.25, 0.3) is 0 Å². The number of aryl methyl sites for hydroxylation is 1. The molecule has 11 heteroatoms. The lowest BCUT2D eigenvalue weighted by Gasteiger charge is -2.30. The fourth-order valence-corrected chi connectivity index (χ4v) is 5.29. The number of nitrogens with one attached hydrogen (secondary N) is 1. The first-order chi connectivity index (χ1) is 16.3. The van der Waals surface area contributed by atoms with E-state index in [2.05, 4.69) is 15.5 Å². The Hall–Kier alpha value is -3.44. The fraction of sp³-hybridized carbons (Fsp3) is 0.348. The summed E-state index contributed by atoms with van der Waals surface area (Å²) >= 11 is 0. The van der Waals surface area contributed by atoms with Gasteiger partial charge in [0.1, 0.15) is 11.5 Å². The summed E-state index contributed by atoms with van der Waals surface area (Å²) in [5.41, 5.74) is 1.54. The normalized spacial score (nSPS) is 16.7. The van der Waals surface area contributed by atoms with Crippen LogP contribution >= 0.6 is 0 Å². The molecule has 1 aromatic heterocycles. The van der Waals surface area contributed by atoms with E-state index in [0.29, 0.717) is 36.4 Å². The zero-order valence-electron chi connectivity index (χ0n) is 19.1. The van der Waals surface area contributed by atoms with Gasteiger partial charge >= 0.3 is 6.01 Å². The lowest BCUT2D eigenvalue weighted by molar-refractivity contribution is -0.121. The summed E-state index contributed by atoms with van der Waals surface area (Å²) in [6.07, 6.45) is 1.13. The maximum atomic E-state index is 13.0. The summed E-state index contributed by atoms with van der Waals surface area (Å²) in [6.45, 7) is 2.34. The summed E-state index contributed by atoms with van der Waals surface area (Å²) < 4.78 is 43.5. The van der Waals surface area contributed by atoms with E-state index in [1.165, 1.54) is 18.5 Å². The van der Waals surface area contributed by atoms with Gasteiger partial charge < -0.3 is 13.9 Å². The highest BCUT2D eigenvalue weighted by Gasteiger charge is 2.33. The van der Waals surface area contributed by atoms with Crippen molar-refractivity contribution >= 4 is 21.9 Å². The van der Waals surface area contributed by atoms with Gasteiger partial charge in [-0.15, -0.1) is 5.10 Å². The molecule has 0 radical (unpaired) electrons. The molecule has 1 N–H and O–H groups in total. The van der Waals surface area contributed by atoms with Crippen molar-refractivity contribution in [2.75, 3.05) is 32.6 Å². The highest BCUT2D eigenvalue weighted by Crippen LogP contribution is 2.30. The molecule has 1 aliphatic heterocycles. The van der Waals surface area contributed by atoms with E-state index in [1.54, 1.807) is 42.5 Å². The van der Waals surface area contributed by atoms with E-state index >= 15 is 0 Å². The number of hydrogen-bond donors (Lipinski definition) is 1. The number of anilines is 1. The Morgan fingerprint density at radius 3 is 2.41 bits per heavy atom. The predicted octanol–water partition coefficient (Wildman–Crippen LogP) is 3.10. The molecule has 1 fully saturated rings. The van der Waals surface area contributed by atoms with Gasteiger partial charge in [0.2, 0.25) is 21.8 Å². The molecule has 3 aromatic rings. The van der Waals surface area contributed by atoms with Gasteiger partial charge in [-0.05, 0) is 44.0 Å². The van der Waals surface area contributed by atoms with Crippen LogP contribution in [0.4, 0.5) is 6.01 Å². The molecule has 1 atom stereocenters. The third-order valence-electron chi connectivity index (χ3n) is 5.67. The average molecular weight is 487 g/mol. The number of hydrogen-bond acceptors (Lipinski definition) is 8. The van der Waals surface area contributed by atoms with Gasteiger partial charge in [-0.1, -0.05) is 22.8 Å². The highest BCUT2D eigenvalue weighted by atomic mass is 32.2. The second-order valence-electron chi connectivity index (χ2n) is 8.02. The Morgan fingerprint density at radius 1 is 1.09 bits per heavy atom. The summed E-state index contributed by atoms with van der Waals surface area (Å²) in [6, 6.07) is 11.7. The van der Waals surface area contributed by atoms with Crippen molar-refractivity contribution in [2.24, 2.45) is 5.92 Å². The van der Waals surface area contributed by atoms with Gasteiger partial charge in [-0.25, -0.2) is 8.42 Å². The Labute approximate surface area is 197 Å². The van der Waals surface area contributed by atoms with Gasteiger partial charge in [-0.2, -0.15) is 4.31 Å². The summed E-state index contributed by atoms with van der Waals surface area (Å²) in [7, 11) is -0.621. The number of ether oxygens (including phenoxy) is 2. The van der Waals surface area contributed by atoms with Crippen LogP contribution in [-0.4, -0.2) is 56.1 Å². The van der Waals surface area contributed by atoms with Gasteiger partial charge in [0.05, 0.1) is 25.0 Å². The van der Waals surface area contributed by atoms with Crippen molar-refractivity contribution in [3.05, 3.63) is 48.0 Å². The molecular formula is C23H26N4O6S. The quantitative estimate of drug-likeness (QED) is 0.540. The predicted molar refractivity (Wildman–Crippen MR) is 124 cm³/mol. The van der Waals surface area contributed by atoms with E-state index in [4.69, 9.17) is 13.9 Å². The van der Waals surface area contributed by atoms with E-state index in [-0.39, 0.29) is 29.3 Å². The fourth-order valence-electron chi connectivity index (χ4n) is 3.76. The molecule has 0 saturated carbocycles. The van der Waals surface area contributed by atoms with Crippen LogP contribution in [0.2, 0.25) is 0 Å². The van der Waals surface area contributed by atoms with Crippen molar-refractivity contribution < 1.29 is 27.1 Å². The molecule has 1 amide bonds.